The summed E-state index contributed by atoms with van der Waals surface area (Å²) in [5.74, 6) is 2.54. The average molecular weight is 371 g/mol. The lowest BCUT2D eigenvalue weighted by Gasteiger charge is -2.11. The molecule has 0 aliphatic carbocycles. The summed E-state index contributed by atoms with van der Waals surface area (Å²) in [7, 11) is 0. The molecule has 0 spiro atoms. The fourth-order valence-corrected chi connectivity index (χ4v) is 3.73. The molecule has 0 fully saturated rings. The molecule has 0 amide bonds. The van der Waals surface area contributed by atoms with Gasteiger partial charge in [0.25, 0.3) is 0 Å². The second kappa shape index (κ2) is 19.0. The highest BCUT2D eigenvalue weighted by molar-refractivity contribution is 8.03. The van der Waals surface area contributed by atoms with E-state index in [1.807, 2.05) is 0 Å². The number of unbranched alkanes of at least 4 members (excludes halogenated alkanes) is 7. The number of hydrogen-bond acceptors (Lipinski definition) is 5. The number of thiocyanates is 2. The van der Waals surface area contributed by atoms with Crippen molar-refractivity contribution in [2.45, 2.75) is 90.1 Å². The zero-order valence-corrected chi connectivity index (χ0v) is 16.8. The average Bonchev–Trinajstić information content (AvgIpc) is 2.58. The van der Waals surface area contributed by atoms with E-state index in [9.17, 15) is 5.11 Å². The first-order chi connectivity index (χ1) is 11.7. The lowest BCUT2D eigenvalue weighted by atomic mass is 10.0. The van der Waals surface area contributed by atoms with Gasteiger partial charge in [0.05, 0.1) is 6.10 Å². The third kappa shape index (κ3) is 18.0. The molecule has 0 saturated carbocycles. The predicted octanol–water partition coefficient (Wildman–Crippen LogP) is 6.09. The van der Waals surface area contributed by atoms with E-state index in [4.69, 9.17) is 10.5 Å². The Kier molecular flexibility index (Phi) is 18.7. The molecule has 0 radical (unpaired) electrons. The molecule has 3 nitrogen and oxygen atoms in total. The van der Waals surface area contributed by atoms with Crippen LogP contribution >= 0.6 is 23.5 Å². The summed E-state index contributed by atoms with van der Waals surface area (Å²) < 4.78 is 0. The highest BCUT2D eigenvalue weighted by Crippen LogP contribution is 2.17. The van der Waals surface area contributed by atoms with Crippen LogP contribution in [-0.2, 0) is 0 Å². The van der Waals surface area contributed by atoms with Crippen molar-refractivity contribution < 1.29 is 5.11 Å². The van der Waals surface area contributed by atoms with Crippen molar-refractivity contribution in [1.29, 1.82) is 10.5 Å². The molecule has 138 valence electrons. The van der Waals surface area contributed by atoms with Gasteiger partial charge in [-0.3, -0.25) is 0 Å². The first-order valence-electron chi connectivity index (χ1n) is 9.40. The first kappa shape index (κ1) is 23.6. The van der Waals surface area contributed by atoms with Gasteiger partial charge in [0.1, 0.15) is 10.8 Å². The molecule has 5 heteroatoms. The Labute approximate surface area is 157 Å². The summed E-state index contributed by atoms with van der Waals surface area (Å²) in [6.45, 7) is 2.22. The van der Waals surface area contributed by atoms with Crippen LogP contribution in [0.4, 0.5) is 0 Å². The van der Waals surface area contributed by atoms with Gasteiger partial charge in [-0.1, -0.05) is 58.3 Å². The van der Waals surface area contributed by atoms with Crippen LogP contribution < -0.4 is 0 Å². The highest BCUT2D eigenvalue weighted by Gasteiger charge is 2.05. The summed E-state index contributed by atoms with van der Waals surface area (Å²) >= 11 is 2.71. The molecule has 0 bridgehead atoms. The van der Waals surface area contributed by atoms with Gasteiger partial charge in [0, 0.05) is 11.5 Å². The van der Waals surface area contributed by atoms with Gasteiger partial charge in [0.2, 0.25) is 0 Å². The van der Waals surface area contributed by atoms with Crippen LogP contribution in [-0.4, -0.2) is 22.7 Å². The van der Waals surface area contributed by atoms with E-state index in [0.717, 1.165) is 43.6 Å². The number of aliphatic hydroxyl groups is 1. The Bertz CT molecular complexity index is 352. The van der Waals surface area contributed by atoms with E-state index < -0.39 is 0 Å². The largest absolute Gasteiger partial charge is 0.393 e. The molecule has 0 rings (SSSR count). The minimum absolute atomic E-state index is 0.120. The molecule has 0 aromatic rings. The SMILES string of the molecule is C[C@H](CCCCCCC(O)CCCCCCCSC#N)CSC#N. The summed E-state index contributed by atoms with van der Waals surface area (Å²) in [5.41, 5.74) is 0. The third-order valence-electron chi connectivity index (χ3n) is 4.26. The predicted molar refractivity (Wildman–Crippen MR) is 107 cm³/mol. The molecular weight excluding hydrogens is 336 g/mol. The van der Waals surface area contributed by atoms with Crippen molar-refractivity contribution in [1.82, 2.24) is 0 Å². The van der Waals surface area contributed by atoms with Crippen LogP contribution in [0.1, 0.15) is 84.0 Å². The molecule has 0 aromatic carbocycles. The summed E-state index contributed by atoms with van der Waals surface area (Å²) in [6.07, 6.45) is 13.7. The maximum Gasteiger partial charge on any atom is 0.133 e. The normalized spacial score (nSPS) is 13.2. The molecule has 0 heterocycles. The van der Waals surface area contributed by atoms with Crippen LogP contribution in [0.3, 0.4) is 0 Å². The zero-order valence-electron chi connectivity index (χ0n) is 15.2. The smallest absolute Gasteiger partial charge is 0.133 e. The Morgan fingerprint density at radius 2 is 1.25 bits per heavy atom. The van der Waals surface area contributed by atoms with Crippen LogP contribution in [0.5, 0.6) is 0 Å². The molecule has 24 heavy (non-hydrogen) atoms. The quantitative estimate of drug-likeness (QED) is 0.248. The Balaban J connectivity index is 3.25. The molecule has 0 aliphatic rings. The molecule has 0 aromatic heterocycles. The molecule has 0 saturated heterocycles. The number of nitrogens with zero attached hydrogens (tertiary/aromatic N) is 2. The van der Waals surface area contributed by atoms with E-state index in [0.29, 0.717) is 5.92 Å². The molecule has 0 aliphatic heterocycles. The van der Waals surface area contributed by atoms with E-state index in [-0.39, 0.29) is 6.10 Å². The lowest BCUT2D eigenvalue weighted by molar-refractivity contribution is 0.147. The number of rotatable bonds is 17. The Hall–Kier alpha value is -0.360. The Morgan fingerprint density at radius 3 is 1.83 bits per heavy atom. The van der Waals surface area contributed by atoms with Crippen LogP contribution in [0.25, 0.3) is 0 Å². The number of aliphatic hydroxyl groups excluding tert-OH is 1. The van der Waals surface area contributed by atoms with Gasteiger partial charge in [0.15, 0.2) is 0 Å². The minimum Gasteiger partial charge on any atom is -0.393 e. The van der Waals surface area contributed by atoms with Crippen LogP contribution in [0, 0.1) is 27.2 Å². The van der Waals surface area contributed by atoms with Crippen LogP contribution in [0.2, 0.25) is 0 Å². The fraction of sp³-hybridized carbons (Fsp3) is 0.895. The van der Waals surface area contributed by atoms with Crippen molar-refractivity contribution in [3.8, 4) is 10.8 Å². The van der Waals surface area contributed by atoms with Crippen molar-refractivity contribution in [3.05, 3.63) is 0 Å². The highest BCUT2D eigenvalue weighted by atomic mass is 32.2. The topological polar surface area (TPSA) is 67.8 Å². The zero-order chi connectivity index (χ0) is 17.9. The molecule has 1 N–H and O–H groups in total. The van der Waals surface area contributed by atoms with E-state index in [2.05, 4.69) is 17.7 Å². The van der Waals surface area contributed by atoms with Gasteiger partial charge >= 0.3 is 0 Å². The number of hydrogen-bond donors (Lipinski definition) is 1. The fourth-order valence-electron chi connectivity index (χ4n) is 2.76. The molecule has 2 atom stereocenters. The van der Waals surface area contributed by atoms with Crippen LogP contribution in [0.15, 0.2) is 0 Å². The van der Waals surface area contributed by atoms with Gasteiger partial charge in [-0.05, 0) is 55.1 Å². The monoisotopic (exact) mass is 370 g/mol. The number of nitriles is 2. The summed E-state index contributed by atoms with van der Waals surface area (Å²) in [6, 6.07) is 0. The standard InChI is InChI=1S/C19H34N2OS2/c1-18(15-24-17-21)11-7-4-5-9-13-19(22)12-8-3-2-6-10-14-23-16-20/h18-19,22H,2-15H2,1H3/t18-,19?/m1/s1. The van der Waals surface area contributed by atoms with Gasteiger partial charge in [-0.2, -0.15) is 10.5 Å². The van der Waals surface area contributed by atoms with Gasteiger partial charge in [-0.15, -0.1) is 0 Å². The number of thioether (sulfide) groups is 2. The second-order valence-corrected chi connectivity index (χ2v) is 8.33. The van der Waals surface area contributed by atoms with Crippen molar-refractivity contribution in [2.24, 2.45) is 5.92 Å². The van der Waals surface area contributed by atoms with E-state index >= 15 is 0 Å². The summed E-state index contributed by atoms with van der Waals surface area (Å²) in [5, 5.41) is 31.2. The van der Waals surface area contributed by atoms with Gasteiger partial charge in [-0.25, -0.2) is 0 Å². The first-order valence-corrected chi connectivity index (χ1v) is 11.4. The van der Waals surface area contributed by atoms with Crippen molar-refractivity contribution >= 4 is 23.5 Å². The summed E-state index contributed by atoms with van der Waals surface area (Å²) in [4.78, 5) is 0. The molecule has 1 unspecified atom stereocenters. The van der Waals surface area contributed by atoms with Gasteiger partial charge < -0.3 is 5.11 Å². The maximum absolute atomic E-state index is 9.99. The molecular formula is C19H34N2OS2. The van der Waals surface area contributed by atoms with E-state index in [1.165, 1.54) is 68.5 Å². The van der Waals surface area contributed by atoms with Crippen molar-refractivity contribution in [2.75, 3.05) is 11.5 Å². The maximum atomic E-state index is 9.99. The van der Waals surface area contributed by atoms with E-state index in [1.54, 1.807) is 0 Å². The third-order valence-corrected chi connectivity index (χ3v) is 5.75. The lowest BCUT2D eigenvalue weighted by Crippen LogP contribution is -2.06. The Morgan fingerprint density at radius 1 is 0.750 bits per heavy atom. The minimum atomic E-state index is -0.120. The second-order valence-electron chi connectivity index (χ2n) is 6.65. The van der Waals surface area contributed by atoms with Crippen molar-refractivity contribution in [3.63, 3.8) is 0 Å².